The second-order valence-corrected chi connectivity index (χ2v) is 5.19. The Morgan fingerprint density at radius 1 is 1.38 bits per heavy atom. The Morgan fingerprint density at radius 2 is 2.19 bits per heavy atom. The number of nitrogens with one attached hydrogen (secondary N) is 1. The molecule has 1 N–H and O–H groups in total. The highest BCUT2D eigenvalue weighted by Gasteiger charge is 2.23. The van der Waals surface area contributed by atoms with E-state index in [0.29, 0.717) is 12.1 Å². The lowest BCUT2D eigenvalue weighted by atomic mass is 10.2. The number of hydrogen-bond acceptors (Lipinski definition) is 2. The van der Waals surface area contributed by atoms with E-state index in [1.807, 2.05) is 6.07 Å². The Morgan fingerprint density at radius 3 is 2.88 bits per heavy atom. The third-order valence-electron chi connectivity index (χ3n) is 3.26. The fraction of sp³-hybridized carbons (Fsp3) is 0.538. The number of hydrogen-bond donors (Lipinski definition) is 1. The molecule has 2 atom stereocenters. The molecule has 3 heteroatoms. The molecule has 2 rings (SSSR count). The third-order valence-corrected chi connectivity index (χ3v) is 4.03. The van der Waals surface area contributed by atoms with Crippen LogP contribution >= 0.6 is 15.9 Å². The van der Waals surface area contributed by atoms with Crippen LogP contribution in [0.1, 0.15) is 24.8 Å². The Bertz CT molecular complexity index is 342. The van der Waals surface area contributed by atoms with E-state index in [9.17, 15) is 0 Å². The van der Waals surface area contributed by atoms with Crippen LogP contribution in [0.2, 0.25) is 0 Å². The van der Waals surface area contributed by atoms with Crippen molar-refractivity contribution in [3.8, 4) is 0 Å². The summed E-state index contributed by atoms with van der Waals surface area (Å²) in [5, 5.41) is 3.59. The van der Waals surface area contributed by atoms with E-state index in [4.69, 9.17) is 4.74 Å². The van der Waals surface area contributed by atoms with Crippen molar-refractivity contribution in [1.29, 1.82) is 0 Å². The van der Waals surface area contributed by atoms with Gasteiger partial charge in [-0.2, -0.15) is 0 Å². The molecule has 0 amide bonds. The minimum Gasteiger partial charge on any atom is -0.381 e. The smallest absolute Gasteiger partial charge is 0.0586 e. The van der Waals surface area contributed by atoms with Gasteiger partial charge in [-0.05, 0) is 30.9 Å². The van der Waals surface area contributed by atoms with Gasteiger partial charge >= 0.3 is 0 Å². The van der Waals surface area contributed by atoms with Crippen LogP contribution in [0.5, 0.6) is 0 Å². The average Bonchev–Trinajstić information content (AvgIpc) is 2.76. The van der Waals surface area contributed by atoms with Crippen molar-refractivity contribution < 1.29 is 4.74 Å². The zero-order chi connectivity index (χ0) is 11.4. The standard InChI is InChI=1S/C13H18BrNO/c1-16-12-7-6-11(8-12)15-9-10-4-2-3-5-13(10)14/h2-5,11-12,15H,6-9H2,1H3. The summed E-state index contributed by atoms with van der Waals surface area (Å²) in [7, 11) is 1.81. The normalized spacial score (nSPS) is 24.9. The molecule has 1 saturated carbocycles. The molecule has 0 heterocycles. The zero-order valence-electron chi connectivity index (χ0n) is 9.58. The van der Waals surface area contributed by atoms with Crippen molar-refractivity contribution in [1.82, 2.24) is 5.32 Å². The Kier molecular flexibility index (Phi) is 4.38. The van der Waals surface area contributed by atoms with Crippen molar-refractivity contribution in [2.45, 2.75) is 38.0 Å². The summed E-state index contributed by atoms with van der Waals surface area (Å²) < 4.78 is 6.55. The van der Waals surface area contributed by atoms with Crippen LogP contribution in [0.3, 0.4) is 0 Å². The van der Waals surface area contributed by atoms with Crippen molar-refractivity contribution in [2.75, 3.05) is 7.11 Å². The van der Waals surface area contributed by atoms with Gasteiger partial charge in [0.25, 0.3) is 0 Å². The van der Waals surface area contributed by atoms with E-state index in [1.165, 1.54) is 22.9 Å². The number of rotatable bonds is 4. The van der Waals surface area contributed by atoms with E-state index in [0.717, 1.165) is 13.0 Å². The molecule has 2 unspecified atom stereocenters. The van der Waals surface area contributed by atoms with Gasteiger partial charge in [-0.25, -0.2) is 0 Å². The predicted molar refractivity (Wildman–Crippen MR) is 69.4 cm³/mol. The molecule has 1 aliphatic carbocycles. The molecular weight excluding hydrogens is 266 g/mol. The minimum absolute atomic E-state index is 0.455. The highest BCUT2D eigenvalue weighted by Crippen LogP contribution is 2.22. The first-order valence-corrected chi connectivity index (χ1v) is 6.58. The summed E-state index contributed by atoms with van der Waals surface area (Å²) >= 11 is 3.57. The van der Waals surface area contributed by atoms with Crippen LogP contribution in [0.25, 0.3) is 0 Å². The van der Waals surface area contributed by atoms with Crippen molar-refractivity contribution in [2.24, 2.45) is 0 Å². The van der Waals surface area contributed by atoms with Gasteiger partial charge in [0.15, 0.2) is 0 Å². The molecule has 2 nitrogen and oxygen atoms in total. The monoisotopic (exact) mass is 283 g/mol. The SMILES string of the molecule is COC1CCC(NCc2ccccc2Br)C1. The van der Waals surface area contributed by atoms with Crippen LogP contribution in [0, 0.1) is 0 Å². The van der Waals surface area contributed by atoms with Gasteiger partial charge in [0.1, 0.15) is 0 Å². The lowest BCUT2D eigenvalue weighted by molar-refractivity contribution is 0.107. The molecule has 0 saturated heterocycles. The van der Waals surface area contributed by atoms with E-state index in [-0.39, 0.29) is 0 Å². The Balaban J connectivity index is 1.82. The maximum atomic E-state index is 5.37. The van der Waals surface area contributed by atoms with Crippen LogP contribution in [0.15, 0.2) is 28.7 Å². The lowest BCUT2D eigenvalue weighted by Crippen LogP contribution is -2.26. The Hall–Kier alpha value is -0.380. The number of methoxy groups -OCH3 is 1. The van der Waals surface area contributed by atoms with Crippen LogP contribution in [-0.4, -0.2) is 19.3 Å². The van der Waals surface area contributed by atoms with Crippen LogP contribution in [-0.2, 0) is 11.3 Å². The maximum Gasteiger partial charge on any atom is 0.0586 e. The van der Waals surface area contributed by atoms with Gasteiger partial charge in [-0.15, -0.1) is 0 Å². The van der Waals surface area contributed by atoms with Gasteiger partial charge in [-0.1, -0.05) is 34.1 Å². The molecule has 0 bridgehead atoms. The van der Waals surface area contributed by atoms with E-state index in [1.54, 1.807) is 7.11 Å². The van der Waals surface area contributed by atoms with Gasteiger partial charge in [0.05, 0.1) is 6.10 Å². The highest BCUT2D eigenvalue weighted by molar-refractivity contribution is 9.10. The van der Waals surface area contributed by atoms with Gasteiger partial charge in [0, 0.05) is 24.2 Å². The third kappa shape index (κ3) is 3.06. The molecule has 88 valence electrons. The summed E-state index contributed by atoms with van der Waals surface area (Å²) in [6, 6.07) is 8.97. The van der Waals surface area contributed by atoms with E-state index >= 15 is 0 Å². The fourth-order valence-electron chi connectivity index (χ4n) is 2.24. The molecule has 0 aromatic heterocycles. The molecule has 1 aromatic rings. The first-order chi connectivity index (χ1) is 7.79. The van der Waals surface area contributed by atoms with Crippen LogP contribution in [0.4, 0.5) is 0 Å². The number of halogens is 1. The Labute approximate surface area is 106 Å². The number of benzene rings is 1. The summed E-state index contributed by atoms with van der Waals surface area (Å²) in [6.07, 6.45) is 4.00. The summed E-state index contributed by atoms with van der Waals surface area (Å²) in [4.78, 5) is 0. The topological polar surface area (TPSA) is 21.3 Å². The molecule has 16 heavy (non-hydrogen) atoms. The average molecular weight is 284 g/mol. The molecule has 0 aliphatic heterocycles. The van der Waals surface area contributed by atoms with E-state index < -0.39 is 0 Å². The summed E-state index contributed by atoms with van der Waals surface area (Å²) in [5.41, 5.74) is 1.32. The molecule has 1 aliphatic rings. The highest BCUT2D eigenvalue weighted by atomic mass is 79.9. The maximum absolute atomic E-state index is 5.37. The molecular formula is C13H18BrNO. The first-order valence-electron chi connectivity index (χ1n) is 5.79. The van der Waals surface area contributed by atoms with Crippen molar-refractivity contribution in [3.63, 3.8) is 0 Å². The van der Waals surface area contributed by atoms with Gasteiger partial charge in [-0.3, -0.25) is 0 Å². The van der Waals surface area contributed by atoms with Gasteiger partial charge < -0.3 is 10.1 Å². The number of ether oxygens (including phenoxy) is 1. The molecule has 1 fully saturated rings. The van der Waals surface area contributed by atoms with Crippen molar-refractivity contribution >= 4 is 15.9 Å². The molecule has 1 aromatic carbocycles. The largest absolute Gasteiger partial charge is 0.381 e. The summed E-state index contributed by atoms with van der Waals surface area (Å²) in [6.45, 7) is 0.933. The fourth-order valence-corrected chi connectivity index (χ4v) is 2.66. The van der Waals surface area contributed by atoms with Gasteiger partial charge in [0.2, 0.25) is 0 Å². The molecule has 0 spiro atoms. The first kappa shape index (κ1) is 12.1. The predicted octanol–water partition coefficient (Wildman–Crippen LogP) is 3.11. The quantitative estimate of drug-likeness (QED) is 0.917. The van der Waals surface area contributed by atoms with Crippen molar-refractivity contribution in [3.05, 3.63) is 34.3 Å². The molecule has 0 radical (unpaired) electrons. The van der Waals surface area contributed by atoms with Crippen LogP contribution < -0.4 is 5.32 Å². The lowest BCUT2D eigenvalue weighted by Gasteiger charge is -2.13. The summed E-state index contributed by atoms with van der Waals surface area (Å²) in [5.74, 6) is 0. The second-order valence-electron chi connectivity index (χ2n) is 4.34. The zero-order valence-corrected chi connectivity index (χ0v) is 11.2. The van der Waals surface area contributed by atoms with E-state index in [2.05, 4.69) is 39.4 Å². The minimum atomic E-state index is 0.455. The second kappa shape index (κ2) is 5.80.